The molecule has 1 N–H and O–H groups in total. The van der Waals surface area contributed by atoms with E-state index in [2.05, 4.69) is 6.92 Å². The smallest absolute Gasteiger partial charge is 0.201 e. The van der Waals surface area contributed by atoms with E-state index in [-0.39, 0.29) is 17.8 Å². The van der Waals surface area contributed by atoms with Crippen LogP contribution in [0.4, 0.5) is 0 Å². The summed E-state index contributed by atoms with van der Waals surface area (Å²) < 4.78 is 5.72. The minimum atomic E-state index is -1.04. The van der Waals surface area contributed by atoms with Gasteiger partial charge in [0.1, 0.15) is 6.29 Å². The molecule has 3 heterocycles. The van der Waals surface area contributed by atoms with Gasteiger partial charge in [0.05, 0.1) is 0 Å². The van der Waals surface area contributed by atoms with Gasteiger partial charge in [-0.1, -0.05) is 13.8 Å². The predicted octanol–water partition coefficient (Wildman–Crippen LogP) is 2.03. The highest BCUT2D eigenvalue weighted by molar-refractivity contribution is 5.54. The number of aliphatic hydroxyl groups is 1. The van der Waals surface area contributed by atoms with Crippen LogP contribution in [0.15, 0.2) is 0 Å². The van der Waals surface area contributed by atoms with E-state index < -0.39 is 17.7 Å². The highest BCUT2D eigenvalue weighted by atomic mass is 17.3. The standard InChI is InChI=1S/C15H24O5/c1-9-4-5-11(10(2)8-16)15-12(9)6-7-14(3,19-20-15)18-13(15)17/h8-13,17H,4-7H2,1-3H3/t9-,10+,11+,12+,13-,14-,15+/m1/s1. The molecule has 0 radical (unpaired) electrons. The van der Waals surface area contributed by atoms with Crippen molar-refractivity contribution in [2.75, 3.05) is 0 Å². The number of hydrogen-bond acceptors (Lipinski definition) is 5. The fraction of sp³-hybridized carbons (Fsp3) is 0.933. The molecule has 5 heteroatoms. The molecule has 1 aliphatic carbocycles. The second-order valence-corrected chi connectivity index (χ2v) is 6.93. The maximum atomic E-state index is 11.3. The van der Waals surface area contributed by atoms with Crippen molar-refractivity contribution in [2.24, 2.45) is 23.7 Å². The van der Waals surface area contributed by atoms with Crippen LogP contribution >= 0.6 is 0 Å². The number of rotatable bonds is 2. The van der Waals surface area contributed by atoms with Crippen molar-refractivity contribution < 1.29 is 24.4 Å². The van der Waals surface area contributed by atoms with Crippen LogP contribution in [-0.2, 0) is 19.3 Å². The van der Waals surface area contributed by atoms with Crippen molar-refractivity contribution in [2.45, 2.75) is 64.1 Å². The SMILES string of the molecule is C[C@@H]1CC[C@@H]([C@@H](C)C=O)[C@]23OO[C@](C)(CC[C@@H]12)O[C@H]3O. The molecule has 4 rings (SSSR count). The number of aliphatic hydroxyl groups excluding tert-OH is 1. The first kappa shape index (κ1) is 14.4. The molecular weight excluding hydrogens is 260 g/mol. The molecule has 20 heavy (non-hydrogen) atoms. The van der Waals surface area contributed by atoms with Crippen LogP contribution in [0.1, 0.15) is 46.5 Å². The molecule has 3 saturated heterocycles. The van der Waals surface area contributed by atoms with E-state index in [1.54, 1.807) is 6.92 Å². The van der Waals surface area contributed by atoms with Crippen molar-refractivity contribution >= 4 is 6.29 Å². The van der Waals surface area contributed by atoms with E-state index in [9.17, 15) is 9.90 Å². The molecule has 5 nitrogen and oxygen atoms in total. The lowest BCUT2D eigenvalue weighted by molar-refractivity contribution is -0.555. The Morgan fingerprint density at radius 2 is 2.05 bits per heavy atom. The number of ether oxygens (including phenoxy) is 1. The molecule has 0 aromatic rings. The molecule has 0 amide bonds. The zero-order chi connectivity index (χ0) is 14.5. The largest absolute Gasteiger partial charge is 0.365 e. The molecule has 1 spiro atoms. The Labute approximate surface area is 119 Å². The first-order chi connectivity index (χ1) is 9.43. The van der Waals surface area contributed by atoms with Gasteiger partial charge in [-0.25, -0.2) is 9.78 Å². The first-order valence-corrected chi connectivity index (χ1v) is 7.61. The normalized spacial score (nSPS) is 53.0. The van der Waals surface area contributed by atoms with Crippen LogP contribution in [0.25, 0.3) is 0 Å². The van der Waals surface area contributed by atoms with E-state index >= 15 is 0 Å². The van der Waals surface area contributed by atoms with Gasteiger partial charge in [-0.2, -0.15) is 0 Å². The number of hydrogen-bond donors (Lipinski definition) is 1. The summed E-state index contributed by atoms with van der Waals surface area (Å²) in [7, 11) is 0. The molecule has 2 bridgehead atoms. The molecule has 1 saturated carbocycles. The summed E-state index contributed by atoms with van der Waals surface area (Å²) in [5, 5.41) is 10.6. The summed E-state index contributed by atoms with van der Waals surface area (Å²) in [6.07, 6.45) is 3.38. The van der Waals surface area contributed by atoms with E-state index in [1.165, 1.54) is 0 Å². The first-order valence-electron chi connectivity index (χ1n) is 7.61. The number of fused-ring (bicyclic) bond motifs is 3. The lowest BCUT2D eigenvalue weighted by atomic mass is 9.59. The topological polar surface area (TPSA) is 65.0 Å². The summed E-state index contributed by atoms with van der Waals surface area (Å²) in [6.45, 7) is 5.86. The third kappa shape index (κ3) is 1.87. The monoisotopic (exact) mass is 284 g/mol. The van der Waals surface area contributed by atoms with Gasteiger partial charge in [0, 0.05) is 18.3 Å². The van der Waals surface area contributed by atoms with Crippen LogP contribution < -0.4 is 0 Å². The average Bonchev–Trinajstić information content (AvgIpc) is 2.63. The van der Waals surface area contributed by atoms with Gasteiger partial charge in [0.2, 0.25) is 5.79 Å². The Morgan fingerprint density at radius 3 is 2.70 bits per heavy atom. The fourth-order valence-corrected chi connectivity index (χ4v) is 4.43. The minimum absolute atomic E-state index is 0.0705. The molecule has 4 aliphatic rings. The Kier molecular flexibility index (Phi) is 3.44. The molecule has 7 atom stereocenters. The quantitative estimate of drug-likeness (QED) is 0.621. The molecule has 0 unspecified atom stereocenters. The van der Waals surface area contributed by atoms with Gasteiger partial charge >= 0.3 is 0 Å². The number of carbonyl (C=O) groups is 1. The molecular formula is C15H24O5. The van der Waals surface area contributed by atoms with Gasteiger partial charge in [0.15, 0.2) is 11.9 Å². The summed E-state index contributed by atoms with van der Waals surface area (Å²) in [6, 6.07) is 0. The zero-order valence-corrected chi connectivity index (χ0v) is 12.4. The predicted molar refractivity (Wildman–Crippen MR) is 70.2 cm³/mol. The second kappa shape index (κ2) is 4.77. The highest BCUT2D eigenvalue weighted by Crippen LogP contribution is 2.56. The van der Waals surface area contributed by atoms with Crippen molar-refractivity contribution in [1.29, 1.82) is 0 Å². The number of aldehydes is 1. The Balaban J connectivity index is 2.04. The van der Waals surface area contributed by atoms with Crippen molar-refractivity contribution in [3.63, 3.8) is 0 Å². The lowest BCUT2D eigenvalue weighted by Gasteiger charge is -2.54. The van der Waals surface area contributed by atoms with Gasteiger partial charge < -0.3 is 14.6 Å². The van der Waals surface area contributed by atoms with Crippen LogP contribution in [-0.4, -0.2) is 29.1 Å². The Hall–Kier alpha value is -0.490. The van der Waals surface area contributed by atoms with Gasteiger partial charge in [-0.3, -0.25) is 0 Å². The summed E-state index contributed by atoms with van der Waals surface area (Å²) in [5.74, 6) is -0.556. The maximum Gasteiger partial charge on any atom is 0.201 e. The van der Waals surface area contributed by atoms with Gasteiger partial charge in [-0.05, 0) is 38.0 Å². The molecule has 0 aromatic heterocycles. The summed E-state index contributed by atoms with van der Waals surface area (Å²) in [4.78, 5) is 22.5. The van der Waals surface area contributed by atoms with Crippen LogP contribution in [0, 0.1) is 23.7 Å². The number of carbonyl (C=O) groups excluding carboxylic acids is 1. The van der Waals surface area contributed by atoms with E-state index in [0.29, 0.717) is 12.3 Å². The maximum absolute atomic E-state index is 11.3. The minimum Gasteiger partial charge on any atom is -0.365 e. The third-order valence-electron chi connectivity index (χ3n) is 5.65. The third-order valence-corrected chi connectivity index (χ3v) is 5.65. The second-order valence-electron chi connectivity index (χ2n) is 6.93. The van der Waals surface area contributed by atoms with E-state index in [0.717, 1.165) is 25.5 Å². The highest BCUT2D eigenvalue weighted by Gasteiger charge is 2.65. The summed E-state index contributed by atoms with van der Waals surface area (Å²) >= 11 is 0. The van der Waals surface area contributed by atoms with Gasteiger partial charge in [0.25, 0.3) is 0 Å². The van der Waals surface area contributed by atoms with E-state index in [4.69, 9.17) is 14.5 Å². The molecule has 4 fully saturated rings. The van der Waals surface area contributed by atoms with Crippen LogP contribution in [0.2, 0.25) is 0 Å². The zero-order valence-electron chi connectivity index (χ0n) is 12.4. The van der Waals surface area contributed by atoms with Crippen LogP contribution in [0.3, 0.4) is 0 Å². The van der Waals surface area contributed by atoms with Crippen molar-refractivity contribution in [1.82, 2.24) is 0 Å². The van der Waals surface area contributed by atoms with Crippen molar-refractivity contribution in [3.8, 4) is 0 Å². The summed E-state index contributed by atoms with van der Waals surface area (Å²) in [5.41, 5.74) is -0.909. The fourth-order valence-electron chi connectivity index (χ4n) is 4.43. The van der Waals surface area contributed by atoms with E-state index in [1.807, 2.05) is 6.92 Å². The van der Waals surface area contributed by atoms with Crippen molar-refractivity contribution in [3.05, 3.63) is 0 Å². The Bertz CT molecular complexity index is 400. The average molecular weight is 284 g/mol. The molecule has 0 aromatic carbocycles. The molecule has 3 aliphatic heterocycles. The Morgan fingerprint density at radius 1 is 1.30 bits per heavy atom. The van der Waals surface area contributed by atoms with Gasteiger partial charge in [-0.15, -0.1) is 0 Å². The van der Waals surface area contributed by atoms with Crippen LogP contribution in [0.5, 0.6) is 0 Å². The molecule has 114 valence electrons. The lowest BCUT2D eigenvalue weighted by Crippen LogP contribution is -2.65.